The second kappa shape index (κ2) is 8.07. The Labute approximate surface area is 112 Å². The van der Waals surface area contributed by atoms with Crippen molar-refractivity contribution in [3.63, 3.8) is 0 Å². The normalized spacial score (nSPS) is 14.4. The first-order valence-corrected chi connectivity index (χ1v) is 6.48. The smallest absolute Gasteiger partial charge is 0.387 e. The lowest BCUT2D eigenvalue weighted by Crippen LogP contribution is -2.30. The topological polar surface area (TPSA) is 41.5 Å². The maximum absolute atomic E-state index is 12.0. The molecule has 0 aromatic heterocycles. The SMILES string of the molecule is CCC(N[C@H](C)CCO)c1ccc(OC(F)F)cc1. The van der Waals surface area contributed by atoms with Crippen LogP contribution in [0.1, 0.15) is 38.3 Å². The Morgan fingerprint density at radius 1 is 1.26 bits per heavy atom. The zero-order chi connectivity index (χ0) is 14.3. The Morgan fingerprint density at radius 3 is 2.37 bits per heavy atom. The van der Waals surface area contributed by atoms with Crippen molar-refractivity contribution in [1.82, 2.24) is 5.32 Å². The van der Waals surface area contributed by atoms with E-state index >= 15 is 0 Å². The van der Waals surface area contributed by atoms with Gasteiger partial charge < -0.3 is 15.2 Å². The molecule has 1 rings (SSSR count). The van der Waals surface area contributed by atoms with E-state index in [1.54, 1.807) is 24.3 Å². The molecule has 3 nitrogen and oxygen atoms in total. The molecule has 108 valence electrons. The van der Waals surface area contributed by atoms with Crippen LogP contribution in [0.2, 0.25) is 0 Å². The maximum atomic E-state index is 12.0. The first kappa shape index (κ1) is 15.9. The van der Waals surface area contributed by atoms with E-state index < -0.39 is 6.61 Å². The summed E-state index contributed by atoms with van der Waals surface area (Å²) < 4.78 is 28.4. The molecule has 19 heavy (non-hydrogen) atoms. The number of aliphatic hydroxyl groups is 1. The Kier molecular flexibility index (Phi) is 6.73. The minimum absolute atomic E-state index is 0.141. The minimum atomic E-state index is -2.80. The summed E-state index contributed by atoms with van der Waals surface area (Å²) in [6.45, 7) is 1.40. The van der Waals surface area contributed by atoms with Gasteiger partial charge in [0.1, 0.15) is 5.75 Å². The molecule has 1 aromatic carbocycles. The van der Waals surface area contributed by atoms with Crippen LogP contribution in [0.5, 0.6) is 5.75 Å². The van der Waals surface area contributed by atoms with Crippen molar-refractivity contribution in [2.75, 3.05) is 6.61 Å². The Bertz CT molecular complexity index is 357. The van der Waals surface area contributed by atoms with E-state index in [0.29, 0.717) is 6.42 Å². The number of hydrogen-bond acceptors (Lipinski definition) is 3. The average molecular weight is 273 g/mol. The molecule has 1 unspecified atom stereocenters. The van der Waals surface area contributed by atoms with Gasteiger partial charge in [0.05, 0.1) is 0 Å². The zero-order valence-electron chi connectivity index (χ0n) is 11.3. The van der Waals surface area contributed by atoms with Crippen LogP contribution in [0.25, 0.3) is 0 Å². The molecule has 0 fully saturated rings. The first-order chi connectivity index (χ1) is 9.06. The van der Waals surface area contributed by atoms with E-state index in [-0.39, 0.29) is 24.4 Å². The average Bonchev–Trinajstić information content (AvgIpc) is 2.37. The van der Waals surface area contributed by atoms with Crippen molar-refractivity contribution in [1.29, 1.82) is 0 Å². The number of alkyl halides is 2. The van der Waals surface area contributed by atoms with Crippen LogP contribution >= 0.6 is 0 Å². The van der Waals surface area contributed by atoms with Gasteiger partial charge in [-0.1, -0.05) is 19.1 Å². The van der Waals surface area contributed by atoms with E-state index in [2.05, 4.69) is 10.1 Å². The molecule has 5 heteroatoms. The highest BCUT2D eigenvalue weighted by Crippen LogP contribution is 2.22. The molecule has 0 saturated heterocycles. The lowest BCUT2D eigenvalue weighted by molar-refractivity contribution is -0.0498. The lowest BCUT2D eigenvalue weighted by atomic mass is 10.0. The summed E-state index contributed by atoms with van der Waals surface area (Å²) in [4.78, 5) is 0. The van der Waals surface area contributed by atoms with Gasteiger partial charge in [-0.2, -0.15) is 8.78 Å². The third kappa shape index (κ3) is 5.53. The minimum Gasteiger partial charge on any atom is -0.435 e. The van der Waals surface area contributed by atoms with Crippen LogP contribution in [0.4, 0.5) is 8.78 Å². The van der Waals surface area contributed by atoms with Gasteiger partial charge in [0.15, 0.2) is 0 Å². The van der Waals surface area contributed by atoms with Crippen LogP contribution in [0, 0.1) is 0 Å². The molecule has 2 atom stereocenters. The number of halogens is 2. The van der Waals surface area contributed by atoms with Gasteiger partial charge in [-0.3, -0.25) is 0 Å². The highest BCUT2D eigenvalue weighted by atomic mass is 19.3. The molecule has 0 radical (unpaired) electrons. The molecule has 1 aromatic rings. The van der Waals surface area contributed by atoms with Gasteiger partial charge in [0.25, 0.3) is 0 Å². The molecule has 0 heterocycles. The predicted octanol–water partition coefficient (Wildman–Crippen LogP) is 3.10. The second-order valence-electron chi connectivity index (χ2n) is 4.49. The van der Waals surface area contributed by atoms with Gasteiger partial charge in [-0.15, -0.1) is 0 Å². The Balaban J connectivity index is 2.65. The fraction of sp³-hybridized carbons (Fsp3) is 0.571. The van der Waals surface area contributed by atoms with Gasteiger partial charge in [-0.05, 0) is 37.5 Å². The van der Waals surface area contributed by atoms with Crippen molar-refractivity contribution in [3.8, 4) is 5.75 Å². The number of nitrogens with one attached hydrogen (secondary N) is 1. The quantitative estimate of drug-likeness (QED) is 0.764. The van der Waals surface area contributed by atoms with Gasteiger partial charge in [-0.25, -0.2) is 0 Å². The van der Waals surface area contributed by atoms with E-state index in [1.165, 1.54) is 0 Å². The molecule has 0 spiro atoms. The summed E-state index contributed by atoms with van der Waals surface area (Å²) in [5, 5.41) is 12.3. The van der Waals surface area contributed by atoms with Crippen LogP contribution in [-0.2, 0) is 0 Å². The summed E-state index contributed by atoms with van der Waals surface area (Å²) in [6.07, 6.45) is 1.56. The maximum Gasteiger partial charge on any atom is 0.387 e. The summed E-state index contributed by atoms with van der Waals surface area (Å²) in [5.74, 6) is 0.164. The van der Waals surface area contributed by atoms with Crippen molar-refractivity contribution in [3.05, 3.63) is 29.8 Å². The monoisotopic (exact) mass is 273 g/mol. The van der Waals surface area contributed by atoms with Crippen LogP contribution in [0.3, 0.4) is 0 Å². The summed E-state index contributed by atoms with van der Waals surface area (Å²) in [5.41, 5.74) is 1.02. The summed E-state index contributed by atoms with van der Waals surface area (Å²) in [7, 11) is 0. The van der Waals surface area contributed by atoms with E-state index in [9.17, 15) is 8.78 Å². The third-order valence-electron chi connectivity index (χ3n) is 2.96. The highest BCUT2D eigenvalue weighted by molar-refractivity contribution is 5.29. The molecule has 0 amide bonds. The molecule has 0 aliphatic carbocycles. The molecule has 0 saturated carbocycles. The lowest BCUT2D eigenvalue weighted by Gasteiger charge is -2.22. The van der Waals surface area contributed by atoms with Crippen LogP contribution < -0.4 is 10.1 Å². The molecule has 0 aliphatic heterocycles. The molecular weight excluding hydrogens is 252 g/mol. The van der Waals surface area contributed by atoms with Gasteiger partial charge >= 0.3 is 6.61 Å². The molecule has 0 aliphatic rings. The number of rotatable bonds is 8. The molecule has 0 bridgehead atoms. The predicted molar refractivity (Wildman–Crippen MR) is 70.4 cm³/mol. The Morgan fingerprint density at radius 2 is 1.89 bits per heavy atom. The van der Waals surface area contributed by atoms with E-state index in [0.717, 1.165) is 12.0 Å². The van der Waals surface area contributed by atoms with Crippen molar-refractivity contribution in [2.24, 2.45) is 0 Å². The summed E-state index contributed by atoms with van der Waals surface area (Å²) in [6, 6.07) is 6.99. The summed E-state index contributed by atoms with van der Waals surface area (Å²) >= 11 is 0. The fourth-order valence-electron chi connectivity index (χ4n) is 1.95. The van der Waals surface area contributed by atoms with Crippen LogP contribution in [-0.4, -0.2) is 24.4 Å². The van der Waals surface area contributed by atoms with Crippen molar-refractivity contribution < 1.29 is 18.6 Å². The van der Waals surface area contributed by atoms with E-state index in [1.807, 2.05) is 13.8 Å². The van der Waals surface area contributed by atoms with Gasteiger partial charge in [0.2, 0.25) is 0 Å². The largest absolute Gasteiger partial charge is 0.435 e. The number of ether oxygens (including phenoxy) is 1. The number of benzene rings is 1. The first-order valence-electron chi connectivity index (χ1n) is 6.48. The van der Waals surface area contributed by atoms with Crippen molar-refractivity contribution >= 4 is 0 Å². The number of aliphatic hydroxyl groups excluding tert-OH is 1. The zero-order valence-corrected chi connectivity index (χ0v) is 11.3. The van der Waals surface area contributed by atoms with Crippen LogP contribution in [0.15, 0.2) is 24.3 Å². The highest BCUT2D eigenvalue weighted by Gasteiger charge is 2.12. The van der Waals surface area contributed by atoms with Gasteiger partial charge in [0, 0.05) is 18.7 Å². The second-order valence-corrected chi connectivity index (χ2v) is 4.49. The standard InChI is InChI=1S/C14H21F2NO2/c1-3-13(17-10(2)8-9-18)11-4-6-12(7-5-11)19-14(15)16/h4-7,10,13-14,17-18H,3,8-9H2,1-2H3/t10-,13?/m1/s1. The van der Waals surface area contributed by atoms with Crippen molar-refractivity contribution in [2.45, 2.75) is 45.4 Å². The molecule has 2 N–H and O–H groups in total. The Hall–Kier alpha value is -1.20. The number of hydrogen-bond donors (Lipinski definition) is 2. The third-order valence-corrected chi connectivity index (χ3v) is 2.96. The fourth-order valence-corrected chi connectivity index (χ4v) is 1.95. The molecular formula is C14H21F2NO2. The van der Waals surface area contributed by atoms with E-state index in [4.69, 9.17) is 5.11 Å².